The molecule has 0 aliphatic carbocycles. The molecule has 112 valence electrons. The van der Waals surface area contributed by atoms with Gasteiger partial charge in [-0.15, -0.1) is 0 Å². The lowest BCUT2D eigenvalue weighted by molar-refractivity contribution is 0.122. The Morgan fingerprint density at radius 3 is 2.48 bits per heavy atom. The molecule has 1 aliphatic rings. The molecule has 1 fully saturated rings. The first-order valence-electron chi connectivity index (χ1n) is 7.36. The fourth-order valence-corrected chi connectivity index (χ4v) is 2.53. The van der Waals surface area contributed by atoms with E-state index in [1.807, 2.05) is 39.0 Å². The van der Waals surface area contributed by atoms with Gasteiger partial charge in [0.1, 0.15) is 11.3 Å². The highest BCUT2D eigenvalue weighted by molar-refractivity contribution is 5.80. The molecule has 2 heterocycles. The molecule has 1 saturated heterocycles. The number of anilines is 1. The molecule has 3 rings (SSSR count). The number of hydrogen-bond donors (Lipinski definition) is 0. The molecular formula is C17H21NO3. The average Bonchev–Trinajstić information content (AvgIpc) is 2.46. The zero-order valence-electron chi connectivity index (χ0n) is 12.8. The molecule has 4 heteroatoms. The van der Waals surface area contributed by atoms with Crippen molar-refractivity contribution in [2.24, 2.45) is 0 Å². The maximum absolute atomic E-state index is 12.2. The zero-order chi connectivity index (χ0) is 15.0. The third kappa shape index (κ3) is 2.81. The summed E-state index contributed by atoms with van der Waals surface area (Å²) in [5, 5.41) is 0.639. The van der Waals surface area contributed by atoms with Gasteiger partial charge in [-0.25, -0.2) is 0 Å². The van der Waals surface area contributed by atoms with Gasteiger partial charge in [0.25, 0.3) is 0 Å². The normalized spacial score (nSPS) is 16.4. The van der Waals surface area contributed by atoms with Crippen molar-refractivity contribution in [3.8, 4) is 0 Å². The number of rotatable bonds is 1. The lowest BCUT2D eigenvalue weighted by Crippen LogP contribution is -2.36. The van der Waals surface area contributed by atoms with E-state index in [1.165, 1.54) is 0 Å². The molecule has 0 spiro atoms. The van der Waals surface area contributed by atoms with Gasteiger partial charge in [0.05, 0.1) is 18.6 Å². The molecule has 0 saturated carbocycles. The third-order valence-corrected chi connectivity index (χ3v) is 3.83. The molecule has 1 aliphatic heterocycles. The van der Waals surface area contributed by atoms with Crippen molar-refractivity contribution in [3.05, 3.63) is 40.2 Å². The smallest absolute Gasteiger partial charge is 0.192 e. The second-order valence-corrected chi connectivity index (χ2v) is 6.50. The van der Waals surface area contributed by atoms with Crippen molar-refractivity contribution >= 4 is 16.7 Å². The van der Waals surface area contributed by atoms with Crippen LogP contribution < -0.4 is 10.3 Å². The minimum Gasteiger partial charge on any atom is -0.460 e. The summed E-state index contributed by atoms with van der Waals surface area (Å²) in [5.41, 5.74) is 1.59. The van der Waals surface area contributed by atoms with Gasteiger partial charge in [-0.3, -0.25) is 4.79 Å². The number of ether oxygens (including phenoxy) is 1. The van der Waals surface area contributed by atoms with Gasteiger partial charge in [-0.2, -0.15) is 0 Å². The SMILES string of the molecule is CC(C)(C)c1cc(=O)c2ccc(N3CCOCC3)cc2o1. The highest BCUT2D eigenvalue weighted by Gasteiger charge is 2.19. The van der Waals surface area contributed by atoms with Gasteiger partial charge in [0.15, 0.2) is 5.43 Å². The Bertz CT molecular complexity index is 706. The van der Waals surface area contributed by atoms with Crippen LogP contribution in [0.25, 0.3) is 11.0 Å². The summed E-state index contributed by atoms with van der Waals surface area (Å²) in [4.78, 5) is 14.5. The number of fused-ring (bicyclic) bond motifs is 1. The largest absolute Gasteiger partial charge is 0.460 e. The first kappa shape index (κ1) is 14.1. The molecule has 0 bridgehead atoms. The van der Waals surface area contributed by atoms with Gasteiger partial charge in [0.2, 0.25) is 0 Å². The van der Waals surface area contributed by atoms with E-state index in [-0.39, 0.29) is 10.8 Å². The summed E-state index contributed by atoms with van der Waals surface area (Å²) >= 11 is 0. The van der Waals surface area contributed by atoms with Gasteiger partial charge >= 0.3 is 0 Å². The first-order chi connectivity index (χ1) is 9.95. The van der Waals surface area contributed by atoms with Crippen molar-refractivity contribution in [1.82, 2.24) is 0 Å². The van der Waals surface area contributed by atoms with Crippen molar-refractivity contribution in [2.45, 2.75) is 26.2 Å². The highest BCUT2D eigenvalue weighted by Crippen LogP contribution is 2.26. The molecule has 2 aromatic rings. The zero-order valence-corrected chi connectivity index (χ0v) is 12.8. The fourth-order valence-electron chi connectivity index (χ4n) is 2.53. The van der Waals surface area contributed by atoms with Crippen molar-refractivity contribution in [1.29, 1.82) is 0 Å². The molecule has 0 N–H and O–H groups in total. The number of nitrogens with zero attached hydrogens (tertiary/aromatic N) is 1. The molecule has 0 radical (unpaired) electrons. The second-order valence-electron chi connectivity index (χ2n) is 6.50. The molecule has 1 aromatic carbocycles. The molecule has 4 nitrogen and oxygen atoms in total. The van der Waals surface area contributed by atoms with Crippen LogP contribution in [0.2, 0.25) is 0 Å². The summed E-state index contributed by atoms with van der Waals surface area (Å²) in [6.07, 6.45) is 0. The fraction of sp³-hybridized carbons (Fsp3) is 0.471. The third-order valence-electron chi connectivity index (χ3n) is 3.83. The van der Waals surface area contributed by atoms with Crippen LogP contribution in [0, 0.1) is 0 Å². The Hall–Kier alpha value is -1.81. The monoisotopic (exact) mass is 287 g/mol. The van der Waals surface area contributed by atoms with Crippen LogP contribution in [0.15, 0.2) is 33.5 Å². The molecule has 21 heavy (non-hydrogen) atoms. The van der Waals surface area contributed by atoms with E-state index in [9.17, 15) is 4.79 Å². The molecule has 0 atom stereocenters. The van der Waals surface area contributed by atoms with E-state index in [1.54, 1.807) is 6.07 Å². The van der Waals surface area contributed by atoms with Crippen molar-refractivity contribution in [2.75, 3.05) is 31.2 Å². The van der Waals surface area contributed by atoms with Gasteiger partial charge in [-0.05, 0) is 12.1 Å². The van der Waals surface area contributed by atoms with E-state index in [4.69, 9.17) is 9.15 Å². The molecule has 1 aromatic heterocycles. The molecule has 0 amide bonds. The van der Waals surface area contributed by atoms with E-state index in [0.29, 0.717) is 11.0 Å². The van der Waals surface area contributed by atoms with Crippen LogP contribution in [0.4, 0.5) is 5.69 Å². The summed E-state index contributed by atoms with van der Waals surface area (Å²) < 4.78 is 11.4. The van der Waals surface area contributed by atoms with Crippen LogP contribution in [0.1, 0.15) is 26.5 Å². The van der Waals surface area contributed by atoms with Crippen LogP contribution >= 0.6 is 0 Å². The maximum atomic E-state index is 12.2. The number of hydrogen-bond acceptors (Lipinski definition) is 4. The second kappa shape index (κ2) is 5.19. The van der Waals surface area contributed by atoms with Crippen molar-refractivity contribution in [3.63, 3.8) is 0 Å². The summed E-state index contributed by atoms with van der Waals surface area (Å²) in [7, 11) is 0. The number of morpholine rings is 1. The predicted molar refractivity (Wildman–Crippen MR) is 84.2 cm³/mol. The van der Waals surface area contributed by atoms with Crippen LogP contribution in [0.5, 0.6) is 0 Å². The van der Waals surface area contributed by atoms with Crippen molar-refractivity contribution < 1.29 is 9.15 Å². The number of benzene rings is 1. The van der Waals surface area contributed by atoms with E-state index >= 15 is 0 Å². The molecule has 0 unspecified atom stereocenters. The van der Waals surface area contributed by atoms with Crippen LogP contribution in [0.3, 0.4) is 0 Å². The quantitative estimate of drug-likeness (QED) is 0.809. The lowest BCUT2D eigenvalue weighted by atomic mass is 9.92. The first-order valence-corrected chi connectivity index (χ1v) is 7.36. The van der Waals surface area contributed by atoms with E-state index in [2.05, 4.69) is 4.90 Å². The van der Waals surface area contributed by atoms with E-state index in [0.717, 1.165) is 37.8 Å². The Kier molecular flexibility index (Phi) is 3.49. The standard InChI is InChI=1S/C17H21NO3/c1-17(2,3)16-11-14(19)13-5-4-12(10-15(13)21-16)18-6-8-20-9-7-18/h4-5,10-11H,6-9H2,1-3H3. The summed E-state index contributed by atoms with van der Waals surface area (Å²) in [5.74, 6) is 0.721. The Labute approximate surface area is 124 Å². The van der Waals surface area contributed by atoms with Gasteiger partial charge in [0, 0.05) is 36.3 Å². The maximum Gasteiger partial charge on any atom is 0.192 e. The predicted octanol–water partition coefficient (Wildman–Crippen LogP) is 2.93. The topological polar surface area (TPSA) is 42.7 Å². The summed E-state index contributed by atoms with van der Waals surface area (Å²) in [6, 6.07) is 7.42. The van der Waals surface area contributed by atoms with E-state index < -0.39 is 0 Å². The molecular weight excluding hydrogens is 266 g/mol. The Morgan fingerprint density at radius 1 is 1.10 bits per heavy atom. The average molecular weight is 287 g/mol. The lowest BCUT2D eigenvalue weighted by Gasteiger charge is -2.29. The van der Waals surface area contributed by atoms with Gasteiger partial charge < -0.3 is 14.1 Å². The Balaban J connectivity index is 2.09. The summed E-state index contributed by atoms with van der Waals surface area (Å²) in [6.45, 7) is 9.35. The minimum atomic E-state index is -0.178. The Morgan fingerprint density at radius 2 is 1.81 bits per heavy atom. The van der Waals surface area contributed by atoms with Crippen LogP contribution in [-0.2, 0) is 10.2 Å². The highest BCUT2D eigenvalue weighted by atomic mass is 16.5. The minimum absolute atomic E-state index is 0.0229. The van der Waals surface area contributed by atoms with Crippen LogP contribution in [-0.4, -0.2) is 26.3 Å². The van der Waals surface area contributed by atoms with Gasteiger partial charge in [-0.1, -0.05) is 20.8 Å².